The van der Waals surface area contributed by atoms with Gasteiger partial charge >= 0.3 is 10.2 Å². The van der Waals surface area contributed by atoms with E-state index in [2.05, 4.69) is 19.6 Å². The molecule has 13 heavy (non-hydrogen) atoms. The molecule has 78 valence electrons. The molecule has 0 unspecified atom stereocenters. The summed E-state index contributed by atoms with van der Waals surface area (Å²) in [4.78, 5) is 0. The van der Waals surface area contributed by atoms with Gasteiger partial charge in [0.25, 0.3) is 0 Å². The van der Waals surface area contributed by atoms with Gasteiger partial charge in [-0.3, -0.25) is 0 Å². The van der Waals surface area contributed by atoms with Crippen molar-refractivity contribution in [2.45, 2.75) is 43.8 Å². The van der Waals surface area contributed by atoms with E-state index in [1.54, 1.807) is 0 Å². The first kappa shape index (κ1) is 11.2. The Kier molecular flexibility index (Phi) is 2.88. The van der Waals surface area contributed by atoms with E-state index in [1.807, 2.05) is 0 Å². The molecule has 1 saturated carbocycles. The molecule has 0 saturated heterocycles. The van der Waals surface area contributed by atoms with Gasteiger partial charge in [-0.1, -0.05) is 25.7 Å². The Bertz CT molecular complexity index is 275. The summed E-state index contributed by atoms with van der Waals surface area (Å²) in [7, 11) is -5.34. The molecule has 0 aromatic heterocycles. The average Bonchev–Trinajstić information content (AvgIpc) is 1.71. The highest BCUT2D eigenvalue weighted by Crippen LogP contribution is 2.38. The van der Waals surface area contributed by atoms with E-state index in [0.29, 0.717) is 18.8 Å². The van der Waals surface area contributed by atoms with Crippen LogP contribution in [0.1, 0.15) is 12.8 Å². The summed E-state index contributed by atoms with van der Waals surface area (Å²) in [5.74, 6) is 0.460. The third kappa shape index (κ3) is 3.38. The van der Waals surface area contributed by atoms with Gasteiger partial charge in [-0.2, -0.15) is 8.42 Å². The van der Waals surface area contributed by atoms with Crippen LogP contribution in [0.25, 0.3) is 0 Å². The summed E-state index contributed by atoms with van der Waals surface area (Å²) in [6.45, 7) is 6.76. The summed E-state index contributed by atoms with van der Waals surface area (Å²) in [6.07, 6.45) is 1.09. The summed E-state index contributed by atoms with van der Waals surface area (Å²) in [5, 5.41) is -0.686. The van der Waals surface area contributed by atoms with E-state index in [-0.39, 0.29) is 0 Å². The largest absolute Gasteiger partial charge is 0.305 e. The first-order valence-corrected chi connectivity index (χ1v) is 9.77. The summed E-state index contributed by atoms with van der Waals surface area (Å²) >= 11 is 0. The first-order chi connectivity index (χ1) is 5.68. The first-order valence-electron chi connectivity index (χ1n) is 4.62. The van der Waals surface area contributed by atoms with Crippen LogP contribution in [0.2, 0.25) is 25.7 Å². The van der Waals surface area contributed by atoms with Crippen molar-refractivity contribution >= 4 is 18.3 Å². The van der Waals surface area contributed by atoms with Gasteiger partial charge in [0, 0.05) is 8.07 Å². The summed E-state index contributed by atoms with van der Waals surface area (Å²) in [6, 6.07) is 1.12. The normalized spacial score (nSPS) is 29.8. The second-order valence-electron chi connectivity index (χ2n) is 5.20. The minimum Gasteiger partial charge on any atom is -0.195 e. The predicted octanol–water partition coefficient (Wildman–Crippen LogP) is 2.40. The van der Waals surface area contributed by atoms with Crippen LogP contribution in [-0.4, -0.2) is 21.7 Å². The quantitative estimate of drug-likeness (QED) is 0.545. The van der Waals surface area contributed by atoms with Crippen LogP contribution in [0, 0.1) is 5.92 Å². The fourth-order valence-electron chi connectivity index (χ4n) is 1.94. The lowest BCUT2D eigenvalue weighted by molar-refractivity contribution is 0.332. The third-order valence-electron chi connectivity index (χ3n) is 2.49. The molecule has 1 fully saturated rings. The Hall–Kier alpha value is 0.0969. The lowest BCUT2D eigenvalue weighted by atomic mass is 9.86. The topological polar surface area (TPSA) is 34.1 Å². The van der Waals surface area contributed by atoms with Crippen LogP contribution in [0.15, 0.2) is 0 Å². The van der Waals surface area contributed by atoms with Gasteiger partial charge in [-0.25, -0.2) is 0 Å². The van der Waals surface area contributed by atoms with Crippen LogP contribution in [-0.2, 0) is 10.2 Å². The Morgan fingerprint density at radius 1 is 1.31 bits per heavy atom. The maximum Gasteiger partial charge on any atom is 0.305 e. The van der Waals surface area contributed by atoms with Crippen molar-refractivity contribution in [2.24, 2.45) is 5.92 Å². The van der Waals surface area contributed by atoms with Gasteiger partial charge in [-0.05, 0) is 18.8 Å². The van der Waals surface area contributed by atoms with Gasteiger partial charge in [0.2, 0.25) is 0 Å². The molecule has 0 heterocycles. The molecule has 0 bridgehead atoms. The van der Waals surface area contributed by atoms with E-state index in [1.165, 1.54) is 0 Å². The summed E-state index contributed by atoms with van der Waals surface area (Å²) < 4.78 is 33.4. The van der Waals surface area contributed by atoms with Gasteiger partial charge in [0.05, 0.1) is 5.25 Å². The molecule has 0 aliphatic heterocycles. The maximum atomic E-state index is 12.4. The molecule has 0 aromatic carbocycles. The molecule has 1 aliphatic carbocycles. The van der Waals surface area contributed by atoms with Crippen LogP contribution >= 0.6 is 0 Å². The van der Waals surface area contributed by atoms with E-state index >= 15 is 0 Å². The molecule has 1 rings (SSSR count). The van der Waals surface area contributed by atoms with E-state index in [0.717, 1.165) is 6.04 Å². The third-order valence-corrected chi connectivity index (χ3v) is 5.47. The van der Waals surface area contributed by atoms with Crippen molar-refractivity contribution in [1.29, 1.82) is 0 Å². The second kappa shape index (κ2) is 3.35. The smallest absolute Gasteiger partial charge is 0.195 e. The standard InChI is InChI=1S/C8H17FO2SSi/c1-13(2,3)6-7-4-8(5-7)12(9,10)11/h7-8H,4-6H2,1-3H3. The van der Waals surface area contributed by atoms with Crippen LogP contribution in [0.3, 0.4) is 0 Å². The molecular formula is C8H17FO2SSi. The second-order valence-corrected chi connectivity index (χ2v) is 12.3. The molecule has 0 radical (unpaired) electrons. The minimum atomic E-state index is -4.24. The fourth-order valence-corrected chi connectivity index (χ4v) is 5.01. The number of halogens is 1. The monoisotopic (exact) mass is 224 g/mol. The molecule has 0 amide bonds. The zero-order valence-corrected chi connectivity index (χ0v) is 10.2. The lowest BCUT2D eigenvalue weighted by Gasteiger charge is -2.35. The van der Waals surface area contributed by atoms with Crippen LogP contribution in [0.4, 0.5) is 3.89 Å². The zero-order valence-electron chi connectivity index (χ0n) is 8.38. The van der Waals surface area contributed by atoms with E-state index in [9.17, 15) is 12.3 Å². The van der Waals surface area contributed by atoms with Gasteiger partial charge < -0.3 is 0 Å². The SMILES string of the molecule is C[Si](C)(C)CC1CC(S(=O)(=O)F)C1. The van der Waals surface area contributed by atoms with Gasteiger partial charge in [0.1, 0.15) is 0 Å². The molecule has 5 heteroatoms. The van der Waals surface area contributed by atoms with Crippen molar-refractivity contribution < 1.29 is 12.3 Å². The minimum absolute atomic E-state index is 0.460. The number of rotatable bonds is 3. The molecule has 2 nitrogen and oxygen atoms in total. The lowest BCUT2D eigenvalue weighted by Crippen LogP contribution is -2.38. The molecule has 1 aliphatic rings. The van der Waals surface area contributed by atoms with Crippen molar-refractivity contribution in [3.8, 4) is 0 Å². The number of hydrogen-bond acceptors (Lipinski definition) is 2. The molecule has 0 aromatic rings. The van der Waals surface area contributed by atoms with E-state index < -0.39 is 23.5 Å². The highest BCUT2D eigenvalue weighted by Gasteiger charge is 2.40. The van der Waals surface area contributed by atoms with E-state index in [4.69, 9.17) is 0 Å². The van der Waals surface area contributed by atoms with Crippen molar-refractivity contribution in [3.63, 3.8) is 0 Å². The van der Waals surface area contributed by atoms with Crippen molar-refractivity contribution in [1.82, 2.24) is 0 Å². The summed E-state index contributed by atoms with van der Waals surface area (Å²) in [5.41, 5.74) is 0. The number of hydrogen-bond donors (Lipinski definition) is 0. The van der Waals surface area contributed by atoms with Gasteiger partial charge in [-0.15, -0.1) is 3.89 Å². The van der Waals surface area contributed by atoms with Crippen molar-refractivity contribution in [3.05, 3.63) is 0 Å². The van der Waals surface area contributed by atoms with Crippen molar-refractivity contribution in [2.75, 3.05) is 0 Å². The predicted molar refractivity (Wildman–Crippen MR) is 54.7 cm³/mol. The molecule has 0 N–H and O–H groups in total. The molecule has 0 spiro atoms. The Labute approximate surface area is 80.8 Å². The average molecular weight is 224 g/mol. The fraction of sp³-hybridized carbons (Fsp3) is 1.00. The highest BCUT2D eigenvalue weighted by molar-refractivity contribution is 7.87. The highest BCUT2D eigenvalue weighted by atomic mass is 32.3. The van der Waals surface area contributed by atoms with Crippen LogP contribution < -0.4 is 0 Å². The molecular weight excluding hydrogens is 207 g/mol. The Morgan fingerprint density at radius 3 is 2.08 bits per heavy atom. The zero-order chi connectivity index (χ0) is 10.3. The Morgan fingerprint density at radius 2 is 1.77 bits per heavy atom. The van der Waals surface area contributed by atoms with Crippen LogP contribution in [0.5, 0.6) is 0 Å². The molecule has 0 atom stereocenters. The maximum absolute atomic E-state index is 12.4. The van der Waals surface area contributed by atoms with Gasteiger partial charge in [0.15, 0.2) is 0 Å². The Balaban J connectivity index is 2.35.